The topological polar surface area (TPSA) is 99.1 Å². The fourth-order valence-corrected chi connectivity index (χ4v) is 3.55. The Balaban J connectivity index is 1.92. The Labute approximate surface area is 148 Å². The molecule has 3 rings (SSSR count). The second-order valence-electron chi connectivity index (χ2n) is 5.79. The van der Waals surface area contributed by atoms with E-state index in [9.17, 15) is 9.59 Å². The molecule has 1 aromatic carbocycles. The molecule has 2 heterocycles. The van der Waals surface area contributed by atoms with Crippen molar-refractivity contribution in [1.29, 1.82) is 0 Å². The summed E-state index contributed by atoms with van der Waals surface area (Å²) in [5.41, 5.74) is 8.60. The van der Waals surface area contributed by atoms with E-state index in [-0.39, 0.29) is 6.42 Å². The average Bonchev–Trinajstić information content (AvgIpc) is 2.50. The number of fused-ring (bicyclic) bond motifs is 1. The zero-order chi connectivity index (χ0) is 18.0. The van der Waals surface area contributed by atoms with Gasteiger partial charge in [0.25, 0.3) is 0 Å². The molecule has 2 aromatic heterocycles. The summed E-state index contributed by atoms with van der Waals surface area (Å²) in [5, 5.41) is 1.49. The van der Waals surface area contributed by atoms with Crippen LogP contribution in [0.3, 0.4) is 0 Å². The van der Waals surface area contributed by atoms with E-state index in [0.29, 0.717) is 22.1 Å². The molecule has 7 heteroatoms. The van der Waals surface area contributed by atoms with E-state index in [0.717, 1.165) is 22.3 Å². The van der Waals surface area contributed by atoms with Crippen molar-refractivity contribution in [2.24, 2.45) is 5.73 Å². The maximum atomic E-state index is 11.9. The maximum absolute atomic E-state index is 11.9. The van der Waals surface area contributed by atoms with E-state index < -0.39 is 11.5 Å². The number of nitrogens with two attached hydrogens (primary N) is 1. The summed E-state index contributed by atoms with van der Waals surface area (Å²) in [6, 6.07) is 8.73. The van der Waals surface area contributed by atoms with Gasteiger partial charge in [0.2, 0.25) is 5.91 Å². The summed E-state index contributed by atoms with van der Waals surface area (Å²) in [6.07, 6.45) is 0.106. The van der Waals surface area contributed by atoms with Gasteiger partial charge in [0.05, 0.1) is 6.42 Å². The third kappa shape index (κ3) is 4.24. The van der Waals surface area contributed by atoms with Gasteiger partial charge >= 0.3 is 5.63 Å². The Hall–Kier alpha value is -2.67. The van der Waals surface area contributed by atoms with Gasteiger partial charge in [-0.3, -0.25) is 4.79 Å². The summed E-state index contributed by atoms with van der Waals surface area (Å²) in [4.78, 5) is 31.7. The van der Waals surface area contributed by atoms with Crippen LogP contribution >= 0.6 is 11.8 Å². The van der Waals surface area contributed by atoms with Crippen LogP contribution in [0.4, 0.5) is 0 Å². The fourth-order valence-electron chi connectivity index (χ4n) is 2.61. The van der Waals surface area contributed by atoms with Crippen molar-refractivity contribution >= 4 is 28.6 Å². The first-order valence-corrected chi connectivity index (χ1v) is 8.68. The summed E-state index contributed by atoms with van der Waals surface area (Å²) in [5.74, 6) is 0.112. The number of rotatable bonds is 5. The predicted octanol–water partition coefficient (Wildman–Crippen LogP) is 2.52. The second-order valence-corrected chi connectivity index (χ2v) is 6.73. The number of primary amides is 1. The molecule has 0 unspecified atom stereocenters. The standard InChI is InChI=1S/C18H17N3O3S/c1-10-5-11(2)21-18(20-10)25-9-13-8-17(23)24-15-6-12(7-16(19)22)3-4-14(13)15/h3-6,8H,7,9H2,1-2H3,(H2,19,22). The molecule has 0 atom stereocenters. The monoisotopic (exact) mass is 355 g/mol. The smallest absolute Gasteiger partial charge is 0.336 e. The van der Waals surface area contributed by atoms with E-state index in [4.69, 9.17) is 10.2 Å². The lowest BCUT2D eigenvalue weighted by Gasteiger charge is -2.07. The first-order chi connectivity index (χ1) is 11.9. The van der Waals surface area contributed by atoms with Crippen molar-refractivity contribution in [3.05, 3.63) is 63.3 Å². The molecule has 0 radical (unpaired) electrons. The number of benzene rings is 1. The highest BCUT2D eigenvalue weighted by molar-refractivity contribution is 7.98. The van der Waals surface area contributed by atoms with E-state index in [1.54, 1.807) is 6.07 Å². The normalized spacial score (nSPS) is 11.0. The predicted molar refractivity (Wildman–Crippen MR) is 96.4 cm³/mol. The lowest BCUT2D eigenvalue weighted by atomic mass is 10.1. The summed E-state index contributed by atoms with van der Waals surface area (Å²) >= 11 is 1.46. The van der Waals surface area contributed by atoms with Crippen LogP contribution in [0.1, 0.15) is 22.5 Å². The molecule has 0 saturated heterocycles. The van der Waals surface area contributed by atoms with Gasteiger partial charge in [-0.05, 0) is 37.1 Å². The minimum Gasteiger partial charge on any atom is -0.423 e. The highest BCUT2D eigenvalue weighted by Crippen LogP contribution is 2.25. The van der Waals surface area contributed by atoms with Gasteiger partial charge < -0.3 is 10.2 Å². The van der Waals surface area contributed by atoms with Crippen LogP contribution in [0, 0.1) is 13.8 Å². The number of thioether (sulfide) groups is 1. The van der Waals surface area contributed by atoms with Gasteiger partial charge in [0.1, 0.15) is 5.58 Å². The lowest BCUT2D eigenvalue weighted by molar-refractivity contribution is -0.117. The molecule has 25 heavy (non-hydrogen) atoms. The van der Waals surface area contributed by atoms with Gasteiger partial charge in [-0.15, -0.1) is 0 Å². The molecule has 0 aliphatic carbocycles. The Kier molecular flexibility index (Phi) is 4.85. The molecule has 0 saturated carbocycles. The first kappa shape index (κ1) is 17.2. The fraction of sp³-hybridized carbons (Fsp3) is 0.222. The van der Waals surface area contributed by atoms with Crippen LogP contribution in [0.5, 0.6) is 0 Å². The van der Waals surface area contributed by atoms with Crippen molar-refractivity contribution < 1.29 is 9.21 Å². The molecule has 6 nitrogen and oxygen atoms in total. The SMILES string of the molecule is Cc1cc(C)nc(SCc2cc(=O)oc3cc(CC(N)=O)ccc23)n1. The van der Waals surface area contributed by atoms with E-state index in [2.05, 4.69) is 9.97 Å². The van der Waals surface area contributed by atoms with Crippen molar-refractivity contribution in [3.63, 3.8) is 0 Å². The molecular weight excluding hydrogens is 338 g/mol. The number of carbonyl (C=O) groups is 1. The number of hydrogen-bond acceptors (Lipinski definition) is 6. The maximum Gasteiger partial charge on any atom is 0.336 e. The molecule has 0 fully saturated rings. The molecule has 1 amide bonds. The van der Waals surface area contributed by atoms with Crippen LogP contribution in [0.25, 0.3) is 11.0 Å². The van der Waals surface area contributed by atoms with Crippen LogP contribution in [-0.4, -0.2) is 15.9 Å². The Morgan fingerprint density at radius 2 is 1.88 bits per heavy atom. The quantitative estimate of drug-likeness (QED) is 0.429. The molecule has 0 aliphatic heterocycles. The van der Waals surface area contributed by atoms with Crippen molar-refractivity contribution in [2.75, 3.05) is 0 Å². The van der Waals surface area contributed by atoms with Crippen molar-refractivity contribution in [1.82, 2.24) is 9.97 Å². The lowest BCUT2D eigenvalue weighted by Crippen LogP contribution is -2.13. The van der Waals surface area contributed by atoms with Crippen LogP contribution in [0.15, 0.2) is 44.7 Å². The highest BCUT2D eigenvalue weighted by Gasteiger charge is 2.10. The van der Waals surface area contributed by atoms with Crippen LogP contribution < -0.4 is 11.4 Å². The third-order valence-electron chi connectivity index (χ3n) is 3.59. The number of aromatic nitrogens is 2. The van der Waals surface area contributed by atoms with E-state index in [1.807, 2.05) is 32.0 Å². The van der Waals surface area contributed by atoms with Crippen LogP contribution in [-0.2, 0) is 17.0 Å². The molecule has 2 N–H and O–H groups in total. The Morgan fingerprint density at radius 1 is 1.16 bits per heavy atom. The minimum absolute atomic E-state index is 0.106. The summed E-state index contributed by atoms with van der Waals surface area (Å²) in [7, 11) is 0. The van der Waals surface area contributed by atoms with Gasteiger partial charge in [-0.1, -0.05) is 23.9 Å². The second kappa shape index (κ2) is 7.06. The number of aryl methyl sites for hydroxylation is 2. The number of amides is 1. The van der Waals surface area contributed by atoms with Gasteiger partial charge in [0.15, 0.2) is 5.16 Å². The van der Waals surface area contributed by atoms with Crippen LogP contribution in [0.2, 0.25) is 0 Å². The Morgan fingerprint density at radius 3 is 2.56 bits per heavy atom. The minimum atomic E-state index is -0.430. The van der Waals surface area contributed by atoms with E-state index in [1.165, 1.54) is 17.8 Å². The number of nitrogens with zero attached hydrogens (tertiary/aromatic N) is 2. The molecular formula is C18H17N3O3S. The largest absolute Gasteiger partial charge is 0.423 e. The molecule has 128 valence electrons. The summed E-state index contributed by atoms with van der Waals surface area (Å²) in [6.45, 7) is 3.84. The zero-order valence-corrected chi connectivity index (χ0v) is 14.7. The molecule has 3 aromatic rings. The number of carbonyl (C=O) groups excluding carboxylic acids is 1. The average molecular weight is 355 g/mol. The molecule has 0 bridgehead atoms. The van der Waals surface area contributed by atoms with Crippen molar-refractivity contribution in [3.8, 4) is 0 Å². The number of hydrogen-bond donors (Lipinski definition) is 1. The first-order valence-electron chi connectivity index (χ1n) is 7.70. The Bertz CT molecular complexity index is 994. The molecule has 0 aliphatic rings. The van der Waals surface area contributed by atoms with Gasteiger partial charge in [-0.2, -0.15) is 0 Å². The summed E-state index contributed by atoms with van der Waals surface area (Å²) < 4.78 is 5.27. The third-order valence-corrected chi connectivity index (χ3v) is 4.49. The van der Waals surface area contributed by atoms with Gasteiger partial charge in [-0.25, -0.2) is 14.8 Å². The highest BCUT2D eigenvalue weighted by atomic mass is 32.2. The van der Waals surface area contributed by atoms with Gasteiger partial charge in [0, 0.05) is 28.6 Å². The van der Waals surface area contributed by atoms with Crippen molar-refractivity contribution in [2.45, 2.75) is 31.2 Å². The zero-order valence-electron chi connectivity index (χ0n) is 13.9. The van der Waals surface area contributed by atoms with E-state index >= 15 is 0 Å². The molecule has 0 spiro atoms.